The molecule has 3 aromatic rings. The molecular formula is C17H19N5OS. The van der Waals surface area contributed by atoms with Crippen molar-refractivity contribution in [2.75, 3.05) is 0 Å². The molecule has 7 heteroatoms. The highest BCUT2D eigenvalue weighted by molar-refractivity contribution is 7.99. The summed E-state index contributed by atoms with van der Waals surface area (Å²) >= 11 is 1.62. The van der Waals surface area contributed by atoms with E-state index in [4.69, 9.17) is 4.42 Å². The van der Waals surface area contributed by atoms with Crippen LogP contribution in [0.25, 0.3) is 11.5 Å². The lowest BCUT2D eigenvalue weighted by atomic mass is 10.1. The summed E-state index contributed by atoms with van der Waals surface area (Å²) in [6.45, 7) is 6.11. The third-order valence-corrected chi connectivity index (χ3v) is 5.16. The van der Waals surface area contributed by atoms with Gasteiger partial charge in [0, 0.05) is 11.6 Å². The van der Waals surface area contributed by atoms with Gasteiger partial charge in [-0.2, -0.15) is 0 Å². The van der Waals surface area contributed by atoms with Crippen LogP contribution in [0.3, 0.4) is 0 Å². The molecule has 0 aliphatic heterocycles. The molecule has 0 unspecified atom stereocenters. The lowest BCUT2D eigenvalue weighted by Crippen LogP contribution is -2.00. The first-order valence-corrected chi connectivity index (χ1v) is 8.98. The summed E-state index contributed by atoms with van der Waals surface area (Å²) < 4.78 is 8.09. The molecule has 1 fully saturated rings. The van der Waals surface area contributed by atoms with Gasteiger partial charge in [0.2, 0.25) is 11.8 Å². The number of thioether (sulfide) groups is 1. The Bertz CT molecular complexity index is 850. The van der Waals surface area contributed by atoms with Crippen LogP contribution in [0, 0.1) is 13.8 Å². The number of nitrogens with zero attached hydrogens (tertiary/aromatic N) is 5. The summed E-state index contributed by atoms with van der Waals surface area (Å²) in [7, 11) is 0. The van der Waals surface area contributed by atoms with E-state index < -0.39 is 0 Å². The van der Waals surface area contributed by atoms with Gasteiger partial charge in [0.1, 0.15) is 5.82 Å². The fourth-order valence-corrected chi connectivity index (χ4v) is 3.60. The Morgan fingerprint density at radius 2 is 1.83 bits per heavy atom. The average molecular weight is 341 g/mol. The van der Waals surface area contributed by atoms with Crippen LogP contribution in [-0.4, -0.2) is 25.0 Å². The summed E-state index contributed by atoms with van der Waals surface area (Å²) in [6.07, 6.45) is 2.41. The molecule has 0 spiro atoms. The van der Waals surface area contributed by atoms with Crippen LogP contribution < -0.4 is 0 Å². The zero-order valence-corrected chi connectivity index (χ0v) is 14.7. The van der Waals surface area contributed by atoms with E-state index in [2.05, 4.69) is 38.8 Å². The standard InChI is InChI=1S/C17H19N5OS/c1-10-4-6-13(7-5-10)16-20-19-15(23-16)11(2)24-17-21-18-12(3)22(17)14-8-9-14/h4-7,11,14H,8-9H2,1-3H3/t11-/m1/s1. The highest BCUT2D eigenvalue weighted by atomic mass is 32.2. The SMILES string of the molecule is Cc1ccc(-c2nnc([C@@H](C)Sc3nnc(C)n3C3CC3)o2)cc1. The molecule has 2 aromatic heterocycles. The van der Waals surface area contributed by atoms with Crippen LogP contribution in [0.4, 0.5) is 0 Å². The van der Waals surface area contributed by atoms with Gasteiger partial charge in [-0.15, -0.1) is 20.4 Å². The Morgan fingerprint density at radius 3 is 2.54 bits per heavy atom. The van der Waals surface area contributed by atoms with Gasteiger partial charge in [-0.3, -0.25) is 0 Å². The largest absolute Gasteiger partial charge is 0.419 e. The van der Waals surface area contributed by atoms with E-state index in [0.717, 1.165) is 16.5 Å². The smallest absolute Gasteiger partial charge is 0.247 e. The quantitative estimate of drug-likeness (QED) is 0.650. The van der Waals surface area contributed by atoms with Gasteiger partial charge >= 0.3 is 0 Å². The minimum atomic E-state index is 0.0257. The van der Waals surface area contributed by atoms with E-state index in [1.165, 1.54) is 18.4 Å². The lowest BCUT2D eigenvalue weighted by Gasteiger charge is -2.08. The third-order valence-electron chi connectivity index (χ3n) is 4.12. The van der Waals surface area contributed by atoms with E-state index in [1.54, 1.807) is 11.8 Å². The molecule has 0 radical (unpaired) electrons. The molecule has 0 N–H and O–H groups in total. The van der Waals surface area contributed by atoms with Crippen molar-refractivity contribution in [2.24, 2.45) is 0 Å². The van der Waals surface area contributed by atoms with Gasteiger partial charge in [0.05, 0.1) is 5.25 Å². The number of benzene rings is 1. The van der Waals surface area contributed by atoms with Gasteiger partial charge in [-0.1, -0.05) is 29.5 Å². The van der Waals surface area contributed by atoms with Crippen molar-refractivity contribution in [2.45, 2.75) is 50.1 Å². The molecule has 0 saturated heterocycles. The predicted octanol–water partition coefficient (Wildman–Crippen LogP) is 4.13. The molecule has 2 heterocycles. The Hall–Kier alpha value is -2.15. The maximum Gasteiger partial charge on any atom is 0.247 e. The Labute approximate surface area is 144 Å². The van der Waals surface area contributed by atoms with E-state index in [-0.39, 0.29) is 5.25 Å². The number of aromatic nitrogens is 5. The van der Waals surface area contributed by atoms with Crippen molar-refractivity contribution in [3.8, 4) is 11.5 Å². The summed E-state index contributed by atoms with van der Waals surface area (Å²) in [5, 5.41) is 17.9. The fraction of sp³-hybridized carbons (Fsp3) is 0.412. The monoisotopic (exact) mass is 341 g/mol. The van der Waals surface area contributed by atoms with Crippen LogP contribution in [0.2, 0.25) is 0 Å². The maximum absolute atomic E-state index is 5.87. The van der Waals surface area contributed by atoms with Gasteiger partial charge in [0.15, 0.2) is 5.16 Å². The van der Waals surface area contributed by atoms with Crippen LogP contribution in [0.15, 0.2) is 33.8 Å². The minimum absolute atomic E-state index is 0.0257. The second-order valence-corrected chi connectivity index (χ2v) is 7.51. The highest BCUT2D eigenvalue weighted by Crippen LogP contribution is 2.41. The molecular weight excluding hydrogens is 322 g/mol. The molecule has 0 amide bonds. The van der Waals surface area contributed by atoms with Gasteiger partial charge in [-0.25, -0.2) is 0 Å². The molecule has 24 heavy (non-hydrogen) atoms. The second kappa shape index (κ2) is 6.05. The molecule has 1 aromatic carbocycles. The Morgan fingerprint density at radius 1 is 1.08 bits per heavy atom. The van der Waals surface area contributed by atoms with Crippen molar-refractivity contribution < 1.29 is 4.42 Å². The fourth-order valence-electron chi connectivity index (χ4n) is 2.60. The van der Waals surface area contributed by atoms with Crippen molar-refractivity contribution in [3.05, 3.63) is 41.5 Å². The van der Waals surface area contributed by atoms with Crippen molar-refractivity contribution >= 4 is 11.8 Å². The normalized spacial score (nSPS) is 15.6. The number of hydrogen-bond acceptors (Lipinski definition) is 6. The number of aryl methyl sites for hydroxylation is 2. The molecule has 1 aliphatic rings. The van der Waals surface area contributed by atoms with Gasteiger partial charge < -0.3 is 8.98 Å². The number of hydrogen-bond donors (Lipinski definition) is 0. The zero-order chi connectivity index (χ0) is 16.7. The van der Waals surface area contributed by atoms with E-state index in [0.29, 0.717) is 17.8 Å². The molecule has 1 aliphatic carbocycles. The van der Waals surface area contributed by atoms with Crippen LogP contribution in [0.5, 0.6) is 0 Å². The lowest BCUT2D eigenvalue weighted by molar-refractivity contribution is 0.508. The zero-order valence-electron chi connectivity index (χ0n) is 13.9. The summed E-state index contributed by atoms with van der Waals surface area (Å²) in [4.78, 5) is 0. The first-order chi connectivity index (χ1) is 11.6. The minimum Gasteiger partial charge on any atom is -0.419 e. The van der Waals surface area contributed by atoms with Crippen LogP contribution in [-0.2, 0) is 0 Å². The Kier molecular flexibility index (Phi) is 3.88. The van der Waals surface area contributed by atoms with Crippen molar-refractivity contribution in [1.82, 2.24) is 25.0 Å². The van der Waals surface area contributed by atoms with E-state index >= 15 is 0 Å². The predicted molar refractivity (Wildman–Crippen MR) is 91.8 cm³/mol. The van der Waals surface area contributed by atoms with Crippen molar-refractivity contribution in [3.63, 3.8) is 0 Å². The third kappa shape index (κ3) is 2.96. The first-order valence-electron chi connectivity index (χ1n) is 8.10. The molecule has 124 valence electrons. The molecule has 1 saturated carbocycles. The molecule has 4 rings (SSSR count). The summed E-state index contributed by atoms with van der Waals surface area (Å²) in [6, 6.07) is 8.63. The van der Waals surface area contributed by atoms with Gasteiger partial charge in [-0.05, 0) is 45.7 Å². The second-order valence-electron chi connectivity index (χ2n) is 6.20. The average Bonchev–Trinajstić information content (AvgIpc) is 3.15. The molecule has 1 atom stereocenters. The Balaban J connectivity index is 1.53. The van der Waals surface area contributed by atoms with E-state index in [9.17, 15) is 0 Å². The van der Waals surface area contributed by atoms with Crippen molar-refractivity contribution in [1.29, 1.82) is 0 Å². The van der Waals surface area contributed by atoms with Crippen LogP contribution in [0.1, 0.15) is 48.3 Å². The highest BCUT2D eigenvalue weighted by Gasteiger charge is 2.29. The number of rotatable bonds is 5. The van der Waals surface area contributed by atoms with Crippen LogP contribution >= 0.6 is 11.8 Å². The molecule has 0 bridgehead atoms. The summed E-state index contributed by atoms with van der Waals surface area (Å²) in [5.74, 6) is 2.13. The van der Waals surface area contributed by atoms with Gasteiger partial charge in [0.25, 0.3) is 0 Å². The summed E-state index contributed by atoms with van der Waals surface area (Å²) in [5.41, 5.74) is 2.14. The van der Waals surface area contributed by atoms with E-state index in [1.807, 2.05) is 31.2 Å². The first kappa shape index (κ1) is 15.4. The molecule has 6 nitrogen and oxygen atoms in total. The topological polar surface area (TPSA) is 69.6 Å². The maximum atomic E-state index is 5.87.